The van der Waals surface area contributed by atoms with Crippen molar-refractivity contribution < 1.29 is 9.59 Å². The molecule has 6 heteroatoms. The summed E-state index contributed by atoms with van der Waals surface area (Å²) in [5.74, 6) is 1.29. The van der Waals surface area contributed by atoms with Crippen LogP contribution in [-0.4, -0.2) is 24.1 Å². The maximum absolute atomic E-state index is 12.9. The molecule has 0 bridgehead atoms. The van der Waals surface area contributed by atoms with Crippen LogP contribution in [0.3, 0.4) is 0 Å². The van der Waals surface area contributed by atoms with Crippen LogP contribution in [0.25, 0.3) is 10.8 Å². The monoisotopic (exact) mass is 429 g/mol. The molecule has 1 fully saturated rings. The number of nitrogens with zero attached hydrogens (tertiary/aromatic N) is 1. The molecule has 0 atom stereocenters. The molecular formula is C25H23N3O2S. The van der Waals surface area contributed by atoms with Crippen molar-refractivity contribution in [2.24, 2.45) is 5.92 Å². The summed E-state index contributed by atoms with van der Waals surface area (Å²) < 4.78 is 0. The molecule has 0 spiro atoms. The van der Waals surface area contributed by atoms with E-state index in [4.69, 9.17) is 0 Å². The third-order valence-corrected chi connectivity index (χ3v) is 6.27. The highest BCUT2D eigenvalue weighted by Gasteiger charge is 2.30. The van der Waals surface area contributed by atoms with Gasteiger partial charge in [0.25, 0.3) is 5.91 Å². The van der Waals surface area contributed by atoms with Crippen molar-refractivity contribution in [3.05, 3.63) is 77.4 Å². The van der Waals surface area contributed by atoms with Crippen molar-refractivity contribution in [3.8, 4) is 6.07 Å². The summed E-state index contributed by atoms with van der Waals surface area (Å²) in [6.07, 6.45) is 1.82. The Balaban J connectivity index is 1.39. The van der Waals surface area contributed by atoms with Gasteiger partial charge < -0.3 is 10.6 Å². The minimum absolute atomic E-state index is 0.0176. The van der Waals surface area contributed by atoms with Crippen LogP contribution in [0.4, 0.5) is 5.69 Å². The Hall–Kier alpha value is -3.30. The van der Waals surface area contributed by atoms with Gasteiger partial charge in [-0.3, -0.25) is 9.59 Å². The van der Waals surface area contributed by atoms with Gasteiger partial charge in [-0.15, -0.1) is 0 Å². The second-order valence-electron chi connectivity index (χ2n) is 7.59. The summed E-state index contributed by atoms with van der Waals surface area (Å²) in [4.78, 5) is 25.2. The van der Waals surface area contributed by atoms with Crippen molar-refractivity contribution in [1.82, 2.24) is 5.32 Å². The summed E-state index contributed by atoms with van der Waals surface area (Å²) in [5, 5.41) is 17.0. The van der Waals surface area contributed by atoms with Crippen molar-refractivity contribution in [2.45, 2.75) is 18.6 Å². The van der Waals surface area contributed by atoms with E-state index in [0.717, 1.165) is 40.7 Å². The number of anilines is 1. The molecule has 0 aliphatic heterocycles. The molecule has 1 saturated carbocycles. The second kappa shape index (κ2) is 9.67. The summed E-state index contributed by atoms with van der Waals surface area (Å²) in [6.45, 7) is 0.501. The number of carbonyl (C=O) groups is 2. The van der Waals surface area contributed by atoms with E-state index in [9.17, 15) is 14.9 Å². The van der Waals surface area contributed by atoms with Gasteiger partial charge in [0.2, 0.25) is 5.91 Å². The quantitative estimate of drug-likeness (QED) is 0.508. The largest absolute Gasteiger partial charge is 0.351 e. The van der Waals surface area contributed by atoms with E-state index in [1.54, 1.807) is 11.8 Å². The first-order valence-corrected chi connectivity index (χ1v) is 11.5. The Morgan fingerprint density at radius 1 is 1.03 bits per heavy atom. The molecule has 0 saturated heterocycles. The molecule has 4 rings (SSSR count). The van der Waals surface area contributed by atoms with Gasteiger partial charge in [-0.05, 0) is 47.4 Å². The number of amides is 2. The highest BCUT2D eigenvalue weighted by atomic mass is 32.2. The number of rotatable bonds is 8. The summed E-state index contributed by atoms with van der Waals surface area (Å²) in [6, 6.07) is 21.3. The molecule has 2 N–H and O–H groups in total. The number of thioether (sulfide) groups is 1. The van der Waals surface area contributed by atoms with E-state index in [1.165, 1.54) is 0 Å². The lowest BCUT2D eigenvalue weighted by Crippen LogP contribution is -2.27. The Kier molecular flexibility index (Phi) is 6.54. The number of carbonyl (C=O) groups excluding carboxylic acids is 2. The number of hydrogen-bond acceptors (Lipinski definition) is 4. The fourth-order valence-corrected chi connectivity index (χ4v) is 4.24. The van der Waals surface area contributed by atoms with Crippen molar-refractivity contribution in [3.63, 3.8) is 0 Å². The van der Waals surface area contributed by atoms with Crippen LogP contribution in [0.5, 0.6) is 0 Å². The molecule has 156 valence electrons. The van der Waals surface area contributed by atoms with Gasteiger partial charge in [0, 0.05) is 24.0 Å². The lowest BCUT2D eigenvalue weighted by molar-refractivity contribution is -0.117. The van der Waals surface area contributed by atoms with Crippen LogP contribution < -0.4 is 10.6 Å². The van der Waals surface area contributed by atoms with Crippen LogP contribution in [0.15, 0.2) is 60.7 Å². The lowest BCUT2D eigenvalue weighted by atomic mass is 10.0. The van der Waals surface area contributed by atoms with Gasteiger partial charge in [0.05, 0.1) is 22.9 Å². The molecule has 3 aromatic carbocycles. The zero-order chi connectivity index (χ0) is 21.6. The topological polar surface area (TPSA) is 82.0 Å². The van der Waals surface area contributed by atoms with E-state index in [1.807, 2.05) is 60.7 Å². The Morgan fingerprint density at radius 3 is 2.48 bits per heavy atom. The number of nitrogens with one attached hydrogen (secondary N) is 2. The Labute approximate surface area is 185 Å². The maximum atomic E-state index is 12.9. The molecule has 0 heterocycles. The van der Waals surface area contributed by atoms with Gasteiger partial charge in [0.1, 0.15) is 0 Å². The zero-order valence-corrected chi connectivity index (χ0v) is 17.9. The first-order valence-electron chi connectivity index (χ1n) is 10.3. The highest BCUT2D eigenvalue weighted by Crippen LogP contribution is 2.32. The van der Waals surface area contributed by atoms with E-state index in [0.29, 0.717) is 23.4 Å². The average Bonchev–Trinajstić information content (AvgIpc) is 3.64. The van der Waals surface area contributed by atoms with Crippen molar-refractivity contribution in [2.75, 3.05) is 17.6 Å². The average molecular weight is 430 g/mol. The lowest BCUT2D eigenvalue weighted by Gasteiger charge is -2.13. The van der Waals surface area contributed by atoms with Crippen LogP contribution in [0.1, 0.15) is 34.3 Å². The summed E-state index contributed by atoms with van der Waals surface area (Å²) in [5.41, 5.74) is 2.73. The minimum Gasteiger partial charge on any atom is -0.351 e. The van der Waals surface area contributed by atoms with Gasteiger partial charge in [-0.1, -0.05) is 42.5 Å². The molecule has 0 unspecified atom stereocenters. The SMILES string of the molecule is N#Cc1ccccc1CSCCNC(=O)c1cc2ccccc2cc1NC(=O)C1CC1. The minimum atomic E-state index is -0.199. The first kappa shape index (κ1) is 21.0. The number of nitriles is 1. The number of benzene rings is 3. The molecular weight excluding hydrogens is 406 g/mol. The standard InChI is InChI=1S/C25H23N3O2S/c26-15-20-7-3-4-8-21(20)16-31-12-11-27-25(30)22-13-18-5-1-2-6-19(18)14-23(22)28-24(29)17-9-10-17/h1-8,13-14,17H,9-12,16H2,(H,27,30)(H,28,29). The van der Waals surface area contributed by atoms with Gasteiger partial charge >= 0.3 is 0 Å². The molecule has 1 aliphatic carbocycles. The Morgan fingerprint density at radius 2 is 1.74 bits per heavy atom. The zero-order valence-electron chi connectivity index (χ0n) is 17.1. The predicted octanol–water partition coefficient (Wildman–Crippen LogP) is 4.72. The van der Waals surface area contributed by atoms with E-state index in [-0.39, 0.29) is 17.7 Å². The molecule has 0 radical (unpaired) electrons. The molecule has 31 heavy (non-hydrogen) atoms. The summed E-state index contributed by atoms with van der Waals surface area (Å²) >= 11 is 1.67. The van der Waals surface area contributed by atoms with Crippen molar-refractivity contribution >= 4 is 40.0 Å². The van der Waals surface area contributed by atoms with E-state index in [2.05, 4.69) is 16.7 Å². The third-order valence-electron chi connectivity index (χ3n) is 5.26. The van der Waals surface area contributed by atoms with Crippen LogP contribution in [0, 0.1) is 17.2 Å². The van der Waals surface area contributed by atoms with Crippen LogP contribution >= 0.6 is 11.8 Å². The smallest absolute Gasteiger partial charge is 0.253 e. The molecule has 2 amide bonds. The van der Waals surface area contributed by atoms with E-state index < -0.39 is 0 Å². The highest BCUT2D eigenvalue weighted by molar-refractivity contribution is 7.98. The van der Waals surface area contributed by atoms with Crippen LogP contribution in [0.2, 0.25) is 0 Å². The molecule has 1 aliphatic rings. The normalized spacial score (nSPS) is 12.9. The third kappa shape index (κ3) is 5.25. The van der Waals surface area contributed by atoms with Crippen molar-refractivity contribution in [1.29, 1.82) is 5.26 Å². The van der Waals surface area contributed by atoms with Crippen LogP contribution in [-0.2, 0) is 10.5 Å². The van der Waals surface area contributed by atoms with Gasteiger partial charge in [-0.2, -0.15) is 17.0 Å². The fraction of sp³-hybridized carbons (Fsp3) is 0.240. The van der Waals surface area contributed by atoms with E-state index >= 15 is 0 Å². The first-order chi connectivity index (χ1) is 15.2. The Bertz CT molecular complexity index is 1160. The fourth-order valence-electron chi connectivity index (χ4n) is 3.38. The maximum Gasteiger partial charge on any atom is 0.253 e. The van der Waals surface area contributed by atoms with Gasteiger partial charge in [-0.25, -0.2) is 0 Å². The number of hydrogen-bond donors (Lipinski definition) is 2. The molecule has 0 aromatic heterocycles. The van der Waals surface area contributed by atoms with Gasteiger partial charge in [0.15, 0.2) is 0 Å². The second-order valence-corrected chi connectivity index (χ2v) is 8.69. The number of fused-ring (bicyclic) bond motifs is 1. The summed E-state index contributed by atoms with van der Waals surface area (Å²) in [7, 11) is 0. The predicted molar refractivity (Wildman–Crippen MR) is 125 cm³/mol. The molecule has 5 nitrogen and oxygen atoms in total. The molecule has 3 aromatic rings.